The molecule has 0 aliphatic carbocycles. The van der Waals surface area contributed by atoms with Gasteiger partial charge in [0.15, 0.2) is 0 Å². The summed E-state index contributed by atoms with van der Waals surface area (Å²) in [5, 5.41) is 3.19. The molecule has 0 aromatic heterocycles. The molecule has 1 amide bonds. The minimum absolute atomic E-state index is 0.0862. The molecule has 116 valence electrons. The van der Waals surface area contributed by atoms with Gasteiger partial charge in [-0.05, 0) is 51.8 Å². The van der Waals surface area contributed by atoms with Gasteiger partial charge in [-0.25, -0.2) is 9.18 Å². The molecule has 0 saturated carbocycles. The first-order valence-electron chi connectivity index (χ1n) is 7.34. The molecule has 1 atom stereocenters. The monoisotopic (exact) mass is 294 g/mol. The van der Waals surface area contributed by atoms with Crippen LogP contribution in [0.3, 0.4) is 0 Å². The van der Waals surface area contributed by atoms with Crippen LogP contribution in [-0.2, 0) is 4.74 Å². The van der Waals surface area contributed by atoms with Crippen LogP contribution in [0.4, 0.5) is 14.9 Å². The number of hydrogen-bond acceptors (Lipinski definition) is 3. The molecule has 5 heteroatoms. The summed E-state index contributed by atoms with van der Waals surface area (Å²) in [5.41, 5.74) is 0.242. The molecule has 0 spiro atoms. The maximum absolute atomic E-state index is 13.1. The van der Waals surface area contributed by atoms with Crippen LogP contribution in [-0.4, -0.2) is 35.7 Å². The molecule has 1 aliphatic heterocycles. The summed E-state index contributed by atoms with van der Waals surface area (Å²) in [4.78, 5) is 13.9. The second-order valence-corrected chi connectivity index (χ2v) is 6.36. The first-order valence-corrected chi connectivity index (χ1v) is 7.34. The third kappa shape index (κ3) is 4.62. The van der Waals surface area contributed by atoms with E-state index < -0.39 is 5.60 Å². The summed E-state index contributed by atoms with van der Waals surface area (Å²) in [6.45, 7) is 6.90. The second kappa shape index (κ2) is 6.33. The van der Waals surface area contributed by atoms with E-state index in [-0.39, 0.29) is 18.0 Å². The zero-order chi connectivity index (χ0) is 15.5. The van der Waals surface area contributed by atoms with Gasteiger partial charge < -0.3 is 15.0 Å². The Labute approximate surface area is 125 Å². The highest BCUT2D eigenvalue weighted by molar-refractivity contribution is 5.69. The summed E-state index contributed by atoms with van der Waals surface area (Å²) in [6.07, 6.45) is 1.63. The number of carbonyl (C=O) groups excluding carboxylic acids is 1. The van der Waals surface area contributed by atoms with E-state index in [1.807, 2.05) is 26.8 Å². The first kappa shape index (κ1) is 15.6. The predicted octanol–water partition coefficient (Wildman–Crippen LogP) is 3.64. The average Bonchev–Trinajstić information content (AvgIpc) is 2.83. The number of nitrogens with zero attached hydrogens (tertiary/aromatic N) is 1. The van der Waals surface area contributed by atoms with Crippen LogP contribution in [0.5, 0.6) is 0 Å². The maximum Gasteiger partial charge on any atom is 0.410 e. The van der Waals surface area contributed by atoms with Crippen LogP contribution in [0.1, 0.15) is 33.6 Å². The lowest BCUT2D eigenvalue weighted by molar-refractivity contribution is 0.0235. The summed E-state index contributed by atoms with van der Waals surface area (Å²) < 4.78 is 18.6. The van der Waals surface area contributed by atoms with Crippen molar-refractivity contribution < 1.29 is 13.9 Å². The highest BCUT2D eigenvalue weighted by Crippen LogP contribution is 2.21. The van der Waals surface area contributed by atoms with E-state index in [0.29, 0.717) is 13.1 Å². The van der Waals surface area contributed by atoms with Crippen molar-refractivity contribution in [3.63, 3.8) is 0 Å². The fourth-order valence-electron chi connectivity index (χ4n) is 2.44. The Morgan fingerprint density at radius 3 is 2.90 bits per heavy atom. The molecule has 1 aliphatic rings. The van der Waals surface area contributed by atoms with E-state index in [1.54, 1.807) is 11.0 Å². The number of ether oxygens (including phenoxy) is 1. The van der Waals surface area contributed by atoms with E-state index in [9.17, 15) is 9.18 Å². The molecule has 1 aromatic carbocycles. The van der Waals surface area contributed by atoms with E-state index in [0.717, 1.165) is 18.5 Å². The molecule has 1 heterocycles. The maximum atomic E-state index is 13.1. The third-order valence-electron chi connectivity index (χ3n) is 3.37. The Hall–Kier alpha value is -1.78. The number of nitrogens with one attached hydrogen (secondary N) is 1. The van der Waals surface area contributed by atoms with Crippen LogP contribution >= 0.6 is 0 Å². The van der Waals surface area contributed by atoms with Crippen molar-refractivity contribution in [1.29, 1.82) is 0 Å². The Bertz CT molecular complexity index is 499. The number of rotatable bonds is 3. The number of anilines is 1. The molecule has 1 aromatic rings. The predicted molar refractivity (Wildman–Crippen MR) is 80.9 cm³/mol. The van der Waals surface area contributed by atoms with Crippen LogP contribution in [0.15, 0.2) is 24.3 Å². The van der Waals surface area contributed by atoms with E-state index in [4.69, 9.17) is 4.74 Å². The zero-order valence-corrected chi connectivity index (χ0v) is 12.9. The first-order chi connectivity index (χ1) is 9.85. The topological polar surface area (TPSA) is 41.6 Å². The minimum atomic E-state index is -0.486. The van der Waals surface area contributed by atoms with E-state index in [2.05, 4.69) is 5.32 Å². The van der Waals surface area contributed by atoms with Crippen molar-refractivity contribution in [1.82, 2.24) is 4.90 Å². The quantitative estimate of drug-likeness (QED) is 0.925. The van der Waals surface area contributed by atoms with Gasteiger partial charge in [0.25, 0.3) is 0 Å². The number of carbonyl (C=O) groups is 1. The highest BCUT2D eigenvalue weighted by Gasteiger charge is 2.31. The van der Waals surface area contributed by atoms with Crippen molar-refractivity contribution >= 4 is 11.8 Å². The van der Waals surface area contributed by atoms with Gasteiger partial charge >= 0.3 is 6.09 Å². The molecule has 21 heavy (non-hydrogen) atoms. The van der Waals surface area contributed by atoms with Crippen LogP contribution in [0.2, 0.25) is 0 Å². The Kier molecular flexibility index (Phi) is 4.70. The van der Waals surface area contributed by atoms with Gasteiger partial charge in [-0.15, -0.1) is 0 Å². The molecular formula is C16H23FN2O2. The molecule has 1 saturated heterocycles. The number of hydrogen-bond donors (Lipinski definition) is 1. The van der Waals surface area contributed by atoms with Gasteiger partial charge in [0, 0.05) is 18.8 Å². The lowest BCUT2D eigenvalue weighted by atomic mass is 10.2. The number of halogens is 1. The molecule has 1 N–H and O–H groups in total. The van der Waals surface area contributed by atoms with Crippen molar-refractivity contribution in [3.8, 4) is 0 Å². The van der Waals surface area contributed by atoms with Gasteiger partial charge in [-0.3, -0.25) is 0 Å². The van der Waals surface area contributed by atoms with Gasteiger partial charge in [0.2, 0.25) is 0 Å². The number of benzene rings is 1. The summed E-state index contributed by atoms with van der Waals surface area (Å²) in [6, 6.07) is 6.43. The standard InChI is InChI=1S/C16H23FN2O2/c1-16(2,3)21-15(20)19-9-5-8-14(19)11-18-13-7-4-6-12(17)10-13/h4,6-7,10,14,18H,5,8-9,11H2,1-3H3. The molecule has 2 rings (SSSR count). The fraction of sp³-hybridized carbons (Fsp3) is 0.562. The van der Waals surface area contributed by atoms with Gasteiger partial charge in [0.1, 0.15) is 11.4 Å². The van der Waals surface area contributed by atoms with Crippen LogP contribution in [0.25, 0.3) is 0 Å². The molecule has 1 unspecified atom stereocenters. The van der Waals surface area contributed by atoms with Gasteiger partial charge in [0.05, 0.1) is 6.04 Å². The lowest BCUT2D eigenvalue weighted by Crippen LogP contribution is -2.42. The fourth-order valence-corrected chi connectivity index (χ4v) is 2.44. The summed E-state index contributed by atoms with van der Waals surface area (Å²) in [5.74, 6) is -0.268. The Morgan fingerprint density at radius 2 is 2.24 bits per heavy atom. The molecular weight excluding hydrogens is 271 g/mol. The molecule has 0 bridgehead atoms. The summed E-state index contributed by atoms with van der Waals surface area (Å²) in [7, 11) is 0. The second-order valence-electron chi connectivity index (χ2n) is 6.36. The van der Waals surface area contributed by atoms with Crippen molar-refractivity contribution in [2.75, 3.05) is 18.4 Å². The third-order valence-corrected chi connectivity index (χ3v) is 3.37. The zero-order valence-electron chi connectivity index (χ0n) is 12.9. The number of amides is 1. The van der Waals surface area contributed by atoms with Crippen molar-refractivity contribution in [2.45, 2.75) is 45.3 Å². The van der Waals surface area contributed by atoms with E-state index in [1.165, 1.54) is 12.1 Å². The van der Waals surface area contributed by atoms with E-state index >= 15 is 0 Å². The Morgan fingerprint density at radius 1 is 1.48 bits per heavy atom. The van der Waals surface area contributed by atoms with Crippen molar-refractivity contribution in [2.24, 2.45) is 0 Å². The highest BCUT2D eigenvalue weighted by atomic mass is 19.1. The average molecular weight is 294 g/mol. The van der Waals surface area contributed by atoms with Crippen LogP contribution in [0, 0.1) is 5.82 Å². The number of likely N-dealkylation sites (tertiary alicyclic amines) is 1. The minimum Gasteiger partial charge on any atom is -0.444 e. The molecule has 4 nitrogen and oxygen atoms in total. The SMILES string of the molecule is CC(C)(C)OC(=O)N1CCCC1CNc1cccc(F)c1. The van der Waals surface area contributed by atoms with Crippen molar-refractivity contribution in [3.05, 3.63) is 30.1 Å². The van der Waals surface area contributed by atoms with Crippen LogP contribution < -0.4 is 5.32 Å². The largest absolute Gasteiger partial charge is 0.444 e. The Balaban J connectivity index is 1.91. The smallest absolute Gasteiger partial charge is 0.410 e. The summed E-state index contributed by atoms with van der Waals surface area (Å²) >= 11 is 0. The lowest BCUT2D eigenvalue weighted by Gasteiger charge is -2.28. The van der Waals surface area contributed by atoms with Gasteiger partial charge in [-0.1, -0.05) is 6.07 Å². The molecule has 1 fully saturated rings. The normalized spacial score (nSPS) is 18.7. The van der Waals surface area contributed by atoms with Gasteiger partial charge in [-0.2, -0.15) is 0 Å². The molecule has 0 radical (unpaired) electrons.